The van der Waals surface area contributed by atoms with Crippen molar-refractivity contribution in [2.45, 2.75) is 0 Å². The highest BCUT2D eigenvalue weighted by Crippen LogP contribution is 2.34. The standard InChI is InChI=1S/C7H2Br2ClFN2/c8-2-1-3(11)5(10)6-4(2)7(9)13-12-6/h1H,(H,12,13). The van der Waals surface area contributed by atoms with Crippen LogP contribution in [0.25, 0.3) is 10.9 Å². The second-order valence-corrected chi connectivity index (χ2v) is 4.44. The molecule has 0 atom stereocenters. The molecular weight excluding hydrogens is 326 g/mol. The van der Waals surface area contributed by atoms with E-state index in [4.69, 9.17) is 11.6 Å². The summed E-state index contributed by atoms with van der Waals surface area (Å²) in [6.45, 7) is 0. The number of H-pyrrole nitrogens is 1. The smallest absolute Gasteiger partial charge is 0.145 e. The first kappa shape index (κ1) is 9.43. The third kappa shape index (κ3) is 1.39. The van der Waals surface area contributed by atoms with Crippen LogP contribution in [0.4, 0.5) is 4.39 Å². The van der Waals surface area contributed by atoms with Crippen molar-refractivity contribution in [1.82, 2.24) is 10.2 Å². The maximum absolute atomic E-state index is 13.1. The molecule has 0 aliphatic carbocycles. The zero-order chi connectivity index (χ0) is 9.59. The number of fused-ring (bicyclic) bond motifs is 1. The van der Waals surface area contributed by atoms with Gasteiger partial charge in [0.2, 0.25) is 0 Å². The largest absolute Gasteiger partial charge is 0.270 e. The lowest BCUT2D eigenvalue weighted by Gasteiger charge is -1.97. The molecule has 1 aromatic carbocycles. The van der Waals surface area contributed by atoms with Gasteiger partial charge in [0.1, 0.15) is 21.0 Å². The molecule has 0 radical (unpaired) electrons. The second kappa shape index (κ2) is 3.22. The summed E-state index contributed by atoms with van der Waals surface area (Å²) in [5.74, 6) is -0.486. The molecule has 2 aromatic rings. The quantitative estimate of drug-likeness (QED) is 0.731. The average molecular weight is 328 g/mol. The van der Waals surface area contributed by atoms with E-state index in [1.54, 1.807) is 0 Å². The molecule has 1 aromatic heterocycles. The highest BCUT2D eigenvalue weighted by atomic mass is 79.9. The van der Waals surface area contributed by atoms with Crippen LogP contribution >= 0.6 is 43.5 Å². The lowest BCUT2D eigenvalue weighted by Crippen LogP contribution is -1.80. The molecule has 0 bridgehead atoms. The Morgan fingerprint density at radius 3 is 2.85 bits per heavy atom. The summed E-state index contributed by atoms with van der Waals surface area (Å²) < 4.78 is 14.4. The lowest BCUT2D eigenvalue weighted by atomic mass is 10.2. The minimum atomic E-state index is -0.486. The fraction of sp³-hybridized carbons (Fsp3) is 0. The molecule has 0 saturated heterocycles. The van der Waals surface area contributed by atoms with Crippen LogP contribution in [0.1, 0.15) is 0 Å². The van der Waals surface area contributed by atoms with Gasteiger partial charge in [0, 0.05) is 4.47 Å². The molecule has 0 amide bonds. The SMILES string of the molecule is Fc1cc(Br)c2c(Br)[nH]nc2c1Cl. The van der Waals surface area contributed by atoms with Gasteiger partial charge in [-0.3, -0.25) is 5.10 Å². The van der Waals surface area contributed by atoms with Crippen molar-refractivity contribution in [3.8, 4) is 0 Å². The van der Waals surface area contributed by atoms with E-state index in [2.05, 4.69) is 42.1 Å². The summed E-state index contributed by atoms with van der Waals surface area (Å²) in [5, 5.41) is 7.31. The van der Waals surface area contributed by atoms with E-state index in [0.29, 0.717) is 14.6 Å². The Hall–Kier alpha value is -0.130. The first-order valence-corrected chi connectivity index (χ1v) is 5.24. The topological polar surface area (TPSA) is 28.7 Å². The zero-order valence-electron chi connectivity index (χ0n) is 6.04. The predicted molar refractivity (Wildman–Crippen MR) is 56.5 cm³/mol. The van der Waals surface area contributed by atoms with Crippen molar-refractivity contribution in [3.63, 3.8) is 0 Å². The van der Waals surface area contributed by atoms with Gasteiger partial charge in [0.15, 0.2) is 0 Å². The Balaban J connectivity index is 2.99. The summed E-state index contributed by atoms with van der Waals surface area (Å²) in [4.78, 5) is 0. The van der Waals surface area contributed by atoms with Crippen LogP contribution in [0.3, 0.4) is 0 Å². The van der Waals surface area contributed by atoms with Crippen molar-refractivity contribution >= 4 is 54.4 Å². The van der Waals surface area contributed by atoms with Crippen LogP contribution in [-0.4, -0.2) is 10.2 Å². The van der Waals surface area contributed by atoms with Crippen molar-refractivity contribution in [3.05, 3.63) is 26.0 Å². The molecule has 0 aliphatic rings. The minimum Gasteiger partial charge on any atom is -0.270 e. The molecule has 0 fully saturated rings. The van der Waals surface area contributed by atoms with Gasteiger partial charge in [-0.1, -0.05) is 11.6 Å². The first-order chi connectivity index (χ1) is 6.11. The molecule has 0 unspecified atom stereocenters. The van der Waals surface area contributed by atoms with Gasteiger partial charge in [-0.25, -0.2) is 4.39 Å². The van der Waals surface area contributed by atoms with Crippen LogP contribution in [0.5, 0.6) is 0 Å². The summed E-state index contributed by atoms with van der Waals surface area (Å²) in [6, 6.07) is 1.31. The maximum atomic E-state index is 13.1. The molecule has 2 nitrogen and oxygen atoms in total. The molecule has 0 spiro atoms. The van der Waals surface area contributed by atoms with Crippen LogP contribution in [0.2, 0.25) is 5.02 Å². The molecular formula is C7H2Br2ClFN2. The molecule has 6 heteroatoms. The highest BCUT2D eigenvalue weighted by Gasteiger charge is 2.14. The average Bonchev–Trinajstić information content (AvgIpc) is 2.44. The normalized spacial score (nSPS) is 11.1. The van der Waals surface area contributed by atoms with Crippen molar-refractivity contribution < 1.29 is 4.39 Å². The lowest BCUT2D eigenvalue weighted by molar-refractivity contribution is 0.629. The summed E-state index contributed by atoms with van der Waals surface area (Å²) >= 11 is 12.2. The van der Waals surface area contributed by atoms with Gasteiger partial charge in [0.05, 0.1) is 5.39 Å². The first-order valence-electron chi connectivity index (χ1n) is 3.28. The number of nitrogens with one attached hydrogen (secondary N) is 1. The van der Waals surface area contributed by atoms with Crippen LogP contribution in [-0.2, 0) is 0 Å². The number of nitrogens with zero attached hydrogens (tertiary/aromatic N) is 1. The number of rotatable bonds is 0. The van der Waals surface area contributed by atoms with Gasteiger partial charge in [-0.15, -0.1) is 0 Å². The van der Waals surface area contributed by atoms with Gasteiger partial charge in [0.25, 0.3) is 0 Å². The van der Waals surface area contributed by atoms with Crippen LogP contribution < -0.4 is 0 Å². The number of hydrogen-bond acceptors (Lipinski definition) is 1. The van der Waals surface area contributed by atoms with Crippen molar-refractivity contribution in [1.29, 1.82) is 0 Å². The van der Waals surface area contributed by atoms with Gasteiger partial charge >= 0.3 is 0 Å². The molecule has 13 heavy (non-hydrogen) atoms. The van der Waals surface area contributed by atoms with Gasteiger partial charge < -0.3 is 0 Å². The zero-order valence-corrected chi connectivity index (χ0v) is 9.96. The number of aromatic amines is 1. The molecule has 2 rings (SSSR count). The Morgan fingerprint density at radius 1 is 1.46 bits per heavy atom. The van der Waals surface area contributed by atoms with Crippen LogP contribution in [0.15, 0.2) is 15.1 Å². The number of benzene rings is 1. The predicted octanol–water partition coefficient (Wildman–Crippen LogP) is 3.88. The third-order valence-corrected chi connectivity index (χ3v) is 3.19. The number of hydrogen-bond donors (Lipinski definition) is 1. The molecule has 68 valence electrons. The Kier molecular flexibility index (Phi) is 2.33. The third-order valence-electron chi connectivity index (χ3n) is 1.63. The van der Waals surface area contributed by atoms with E-state index < -0.39 is 5.82 Å². The Labute approximate surface area is 94.7 Å². The molecule has 0 saturated carbocycles. The monoisotopic (exact) mass is 326 g/mol. The minimum absolute atomic E-state index is 0.0279. The molecule has 1 N–H and O–H groups in total. The Morgan fingerprint density at radius 2 is 2.15 bits per heavy atom. The maximum Gasteiger partial charge on any atom is 0.145 e. The van der Waals surface area contributed by atoms with E-state index in [1.807, 2.05) is 0 Å². The summed E-state index contributed by atoms with van der Waals surface area (Å²) in [5.41, 5.74) is 0.417. The van der Waals surface area contributed by atoms with E-state index in [9.17, 15) is 4.39 Å². The molecule has 1 heterocycles. The van der Waals surface area contributed by atoms with Crippen LogP contribution in [0, 0.1) is 5.82 Å². The number of aromatic nitrogens is 2. The van der Waals surface area contributed by atoms with Gasteiger partial charge in [-0.05, 0) is 37.9 Å². The van der Waals surface area contributed by atoms with Gasteiger partial charge in [-0.2, -0.15) is 5.10 Å². The number of halogens is 4. The fourth-order valence-corrected chi connectivity index (χ4v) is 2.59. The van der Waals surface area contributed by atoms with E-state index >= 15 is 0 Å². The van der Waals surface area contributed by atoms with E-state index in [-0.39, 0.29) is 5.02 Å². The summed E-state index contributed by atoms with van der Waals surface area (Å²) in [6.07, 6.45) is 0. The van der Waals surface area contributed by atoms with E-state index in [1.165, 1.54) is 6.07 Å². The fourth-order valence-electron chi connectivity index (χ4n) is 1.06. The Bertz CT molecular complexity index is 483. The second-order valence-electron chi connectivity index (χ2n) is 2.42. The van der Waals surface area contributed by atoms with Crippen molar-refractivity contribution in [2.24, 2.45) is 0 Å². The summed E-state index contributed by atoms with van der Waals surface area (Å²) in [7, 11) is 0. The molecule has 0 aliphatic heterocycles. The van der Waals surface area contributed by atoms with E-state index in [0.717, 1.165) is 5.39 Å². The van der Waals surface area contributed by atoms with Crippen molar-refractivity contribution in [2.75, 3.05) is 0 Å². The highest BCUT2D eigenvalue weighted by molar-refractivity contribution is 9.11.